The lowest BCUT2D eigenvalue weighted by molar-refractivity contribution is 0.174. The van der Waals surface area contributed by atoms with Crippen molar-refractivity contribution in [1.82, 2.24) is 9.97 Å². The first-order chi connectivity index (χ1) is 13.4. The number of nitrogens with one attached hydrogen (secondary N) is 1. The third-order valence-corrected chi connectivity index (χ3v) is 5.13. The molecule has 5 rings (SSSR count). The topological polar surface area (TPSA) is 59.5 Å². The van der Waals surface area contributed by atoms with Gasteiger partial charge in [-0.05, 0) is 49.1 Å². The summed E-state index contributed by atoms with van der Waals surface area (Å²) in [4.78, 5) is 12.0. The molecule has 3 heterocycles. The predicted molar refractivity (Wildman–Crippen MR) is 105 cm³/mol. The second-order valence-electron chi connectivity index (χ2n) is 6.98. The molecule has 138 valence electrons. The summed E-state index contributed by atoms with van der Waals surface area (Å²) in [7, 11) is 0. The van der Waals surface area contributed by atoms with Crippen LogP contribution in [0.2, 0.25) is 0 Å². The fraction of sp³-hybridized carbons (Fsp3) is 0.333. The number of fused-ring (bicyclic) bond motifs is 2. The largest absolute Gasteiger partial charge is 0.454 e. The van der Waals surface area contributed by atoms with Gasteiger partial charge in [0.1, 0.15) is 5.82 Å². The van der Waals surface area contributed by atoms with E-state index in [1.54, 1.807) is 0 Å². The van der Waals surface area contributed by atoms with Crippen LogP contribution in [0.15, 0.2) is 42.5 Å². The highest BCUT2D eigenvalue weighted by atomic mass is 16.7. The number of ether oxygens (including phenoxy) is 2. The van der Waals surface area contributed by atoms with E-state index in [2.05, 4.69) is 28.4 Å². The third kappa shape index (κ3) is 3.23. The lowest BCUT2D eigenvalue weighted by atomic mass is 10.1. The molecule has 1 aromatic heterocycles. The predicted octanol–water partition coefficient (Wildman–Crippen LogP) is 3.96. The molecule has 3 aromatic rings. The van der Waals surface area contributed by atoms with E-state index >= 15 is 0 Å². The number of anilines is 2. The van der Waals surface area contributed by atoms with Crippen LogP contribution in [-0.4, -0.2) is 29.9 Å². The van der Waals surface area contributed by atoms with Crippen molar-refractivity contribution in [2.24, 2.45) is 0 Å². The van der Waals surface area contributed by atoms with Gasteiger partial charge in [0.05, 0.1) is 5.52 Å². The SMILES string of the molecule is c1ccc2c(N3CCCCC3)nc(NCc3ccc4c(c3)OCO4)nc2c1. The molecule has 27 heavy (non-hydrogen) atoms. The zero-order chi connectivity index (χ0) is 18.1. The fourth-order valence-electron chi connectivity index (χ4n) is 3.72. The minimum absolute atomic E-state index is 0.291. The average Bonchev–Trinajstić information content (AvgIpc) is 3.20. The molecule has 0 radical (unpaired) electrons. The van der Waals surface area contributed by atoms with Crippen LogP contribution < -0.4 is 19.7 Å². The zero-order valence-corrected chi connectivity index (χ0v) is 15.1. The Morgan fingerprint density at radius 1 is 0.926 bits per heavy atom. The minimum Gasteiger partial charge on any atom is -0.454 e. The Labute approximate surface area is 158 Å². The van der Waals surface area contributed by atoms with Crippen molar-refractivity contribution >= 4 is 22.7 Å². The van der Waals surface area contributed by atoms with Crippen LogP contribution in [0.5, 0.6) is 11.5 Å². The van der Waals surface area contributed by atoms with E-state index in [1.165, 1.54) is 19.3 Å². The van der Waals surface area contributed by atoms with Gasteiger partial charge in [0.15, 0.2) is 11.5 Å². The van der Waals surface area contributed by atoms with E-state index in [0.29, 0.717) is 19.3 Å². The Morgan fingerprint density at radius 3 is 2.70 bits per heavy atom. The van der Waals surface area contributed by atoms with Crippen molar-refractivity contribution in [3.8, 4) is 11.5 Å². The summed E-state index contributed by atoms with van der Waals surface area (Å²) in [6, 6.07) is 14.2. The summed E-state index contributed by atoms with van der Waals surface area (Å²) >= 11 is 0. The van der Waals surface area contributed by atoms with Crippen molar-refractivity contribution in [1.29, 1.82) is 0 Å². The van der Waals surface area contributed by atoms with Crippen LogP contribution in [0, 0.1) is 0 Å². The molecule has 2 aromatic carbocycles. The van der Waals surface area contributed by atoms with Crippen LogP contribution in [0.3, 0.4) is 0 Å². The summed E-state index contributed by atoms with van der Waals surface area (Å²) in [5.74, 6) is 3.29. The number of rotatable bonds is 4. The van der Waals surface area contributed by atoms with E-state index in [4.69, 9.17) is 19.4 Å². The van der Waals surface area contributed by atoms with Gasteiger partial charge in [-0.1, -0.05) is 18.2 Å². The van der Waals surface area contributed by atoms with Gasteiger partial charge in [-0.25, -0.2) is 4.98 Å². The van der Waals surface area contributed by atoms with Gasteiger partial charge in [0, 0.05) is 25.0 Å². The highest BCUT2D eigenvalue weighted by molar-refractivity contribution is 5.90. The van der Waals surface area contributed by atoms with Crippen molar-refractivity contribution < 1.29 is 9.47 Å². The smallest absolute Gasteiger partial charge is 0.231 e. The molecular formula is C21H22N4O2. The van der Waals surface area contributed by atoms with E-state index < -0.39 is 0 Å². The van der Waals surface area contributed by atoms with Crippen LogP contribution in [0.4, 0.5) is 11.8 Å². The molecule has 0 amide bonds. The second kappa shape index (κ2) is 6.95. The lowest BCUT2D eigenvalue weighted by Crippen LogP contribution is -2.30. The Hall–Kier alpha value is -3.02. The average molecular weight is 362 g/mol. The molecule has 6 nitrogen and oxygen atoms in total. The number of para-hydroxylation sites is 1. The first-order valence-corrected chi connectivity index (χ1v) is 9.51. The van der Waals surface area contributed by atoms with Gasteiger partial charge >= 0.3 is 0 Å². The summed E-state index contributed by atoms with van der Waals surface area (Å²) in [6.07, 6.45) is 3.74. The van der Waals surface area contributed by atoms with Gasteiger partial charge in [-0.3, -0.25) is 0 Å². The number of hydrogen-bond donors (Lipinski definition) is 1. The van der Waals surface area contributed by atoms with Crippen LogP contribution in [0.25, 0.3) is 10.9 Å². The quantitative estimate of drug-likeness (QED) is 0.758. The second-order valence-corrected chi connectivity index (χ2v) is 6.98. The molecule has 0 atom stereocenters. The molecule has 1 fully saturated rings. The summed E-state index contributed by atoms with van der Waals surface area (Å²) in [6.45, 7) is 3.04. The van der Waals surface area contributed by atoms with Gasteiger partial charge in [-0.2, -0.15) is 4.98 Å². The maximum atomic E-state index is 5.46. The minimum atomic E-state index is 0.291. The summed E-state index contributed by atoms with van der Waals surface area (Å²) < 4.78 is 10.8. The maximum absolute atomic E-state index is 5.46. The first-order valence-electron chi connectivity index (χ1n) is 9.51. The van der Waals surface area contributed by atoms with Gasteiger partial charge < -0.3 is 19.7 Å². The van der Waals surface area contributed by atoms with Crippen LogP contribution >= 0.6 is 0 Å². The highest BCUT2D eigenvalue weighted by Gasteiger charge is 2.17. The van der Waals surface area contributed by atoms with Gasteiger partial charge in [0.2, 0.25) is 12.7 Å². The number of hydrogen-bond acceptors (Lipinski definition) is 6. The molecule has 6 heteroatoms. The normalized spacial score (nSPS) is 15.9. The Kier molecular flexibility index (Phi) is 4.16. The zero-order valence-electron chi connectivity index (χ0n) is 15.1. The van der Waals surface area contributed by atoms with E-state index in [-0.39, 0.29) is 0 Å². The standard InChI is InChI=1S/C21H22N4O2/c1-4-10-25(11-5-1)20-16-6-2-3-7-17(16)23-21(24-20)22-13-15-8-9-18-19(12-15)27-14-26-18/h2-3,6-9,12H,1,4-5,10-11,13-14H2,(H,22,23,24). The number of nitrogens with zero attached hydrogens (tertiary/aromatic N) is 3. The molecule has 2 aliphatic heterocycles. The fourth-order valence-corrected chi connectivity index (χ4v) is 3.72. The van der Waals surface area contributed by atoms with Gasteiger partial charge in [-0.15, -0.1) is 0 Å². The van der Waals surface area contributed by atoms with E-state index in [9.17, 15) is 0 Å². The Morgan fingerprint density at radius 2 is 1.78 bits per heavy atom. The molecule has 1 N–H and O–H groups in total. The van der Waals surface area contributed by atoms with Crippen molar-refractivity contribution in [3.63, 3.8) is 0 Å². The molecular weight excluding hydrogens is 340 g/mol. The van der Waals surface area contributed by atoms with E-state index in [1.807, 2.05) is 24.3 Å². The summed E-state index contributed by atoms with van der Waals surface area (Å²) in [5.41, 5.74) is 2.08. The molecule has 0 unspecified atom stereocenters. The maximum Gasteiger partial charge on any atom is 0.231 e. The summed E-state index contributed by atoms with van der Waals surface area (Å²) in [5, 5.41) is 4.50. The molecule has 0 saturated carbocycles. The third-order valence-electron chi connectivity index (χ3n) is 5.13. The lowest BCUT2D eigenvalue weighted by Gasteiger charge is -2.29. The molecule has 0 bridgehead atoms. The molecule has 0 spiro atoms. The number of benzene rings is 2. The number of aromatic nitrogens is 2. The molecule has 1 saturated heterocycles. The monoisotopic (exact) mass is 362 g/mol. The van der Waals surface area contributed by atoms with Crippen molar-refractivity contribution in [2.45, 2.75) is 25.8 Å². The first kappa shape index (κ1) is 16.2. The molecule has 0 aliphatic carbocycles. The van der Waals surface area contributed by atoms with Crippen LogP contribution in [-0.2, 0) is 6.54 Å². The van der Waals surface area contributed by atoms with Gasteiger partial charge in [0.25, 0.3) is 0 Å². The molecule has 2 aliphatic rings. The Balaban J connectivity index is 1.42. The van der Waals surface area contributed by atoms with Crippen LogP contribution in [0.1, 0.15) is 24.8 Å². The van der Waals surface area contributed by atoms with E-state index in [0.717, 1.165) is 46.9 Å². The number of piperidine rings is 1. The van der Waals surface area contributed by atoms with Crippen molar-refractivity contribution in [3.05, 3.63) is 48.0 Å². The Bertz CT molecular complexity index is 970. The van der Waals surface area contributed by atoms with Crippen molar-refractivity contribution in [2.75, 3.05) is 30.1 Å². The highest BCUT2D eigenvalue weighted by Crippen LogP contribution is 2.33.